The van der Waals surface area contributed by atoms with Gasteiger partial charge < -0.3 is 5.32 Å². The van der Waals surface area contributed by atoms with Crippen LogP contribution in [-0.2, 0) is 9.84 Å². The molecule has 19 heavy (non-hydrogen) atoms. The Labute approximate surface area is 117 Å². The fourth-order valence-corrected chi connectivity index (χ4v) is 3.66. The van der Waals surface area contributed by atoms with Crippen molar-refractivity contribution in [2.45, 2.75) is 51.2 Å². The predicted octanol–water partition coefficient (Wildman–Crippen LogP) is 2.86. The number of hydrogen-bond donors (Lipinski definition) is 1. The molecule has 0 aliphatic heterocycles. The van der Waals surface area contributed by atoms with Crippen molar-refractivity contribution in [2.75, 3.05) is 6.54 Å². The first-order valence-electron chi connectivity index (χ1n) is 6.83. The Morgan fingerprint density at radius 1 is 1.11 bits per heavy atom. The first-order valence-corrected chi connectivity index (χ1v) is 8.44. The van der Waals surface area contributed by atoms with Crippen LogP contribution in [0.3, 0.4) is 0 Å². The molecule has 0 heterocycles. The molecular formula is C15H25NO2S. The van der Waals surface area contributed by atoms with Gasteiger partial charge in [-0.1, -0.05) is 36.8 Å². The van der Waals surface area contributed by atoms with E-state index in [0.29, 0.717) is 0 Å². The molecule has 1 aromatic rings. The highest BCUT2D eigenvalue weighted by molar-refractivity contribution is 7.92. The Morgan fingerprint density at radius 3 is 2.05 bits per heavy atom. The molecule has 108 valence electrons. The molecule has 0 spiro atoms. The number of nitrogens with one attached hydrogen (secondary N) is 1. The summed E-state index contributed by atoms with van der Waals surface area (Å²) in [6, 6.07) is 7.91. The number of aryl methyl sites for hydroxylation is 1. The Hall–Kier alpha value is -0.870. The van der Waals surface area contributed by atoms with Crippen LogP contribution in [0.15, 0.2) is 24.3 Å². The summed E-state index contributed by atoms with van der Waals surface area (Å²) >= 11 is 0. The van der Waals surface area contributed by atoms with Gasteiger partial charge in [-0.2, -0.15) is 0 Å². The maximum absolute atomic E-state index is 12.3. The Balaban J connectivity index is 3.11. The van der Waals surface area contributed by atoms with Crippen molar-refractivity contribution in [2.24, 2.45) is 0 Å². The van der Waals surface area contributed by atoms with E-state index in [0.717, 1.165) is 12.1 Å². The van der Waals surface area contributed by atoms with Crippen molar-refractivity contribution in [3.05, 3.63) is 35.4 Å². The maximum Gasteiger partial charge on any atom is 0.157 e. The van der Waals surface area contributed by atoms with E-state index < -0.39 is 15.1 Å². The van der Waals surface area contributed by atoms with Gasteiger partial charge >= 0.3 is 0 Å². The summed E-state index contributed by atoms with van der Waals surface area (Å²) in [4.78, 5) is 0. The summed E-state index contributed by atoms with van der Waals surface area (Å²) in [7, 11) is -3.12. The fourth-order valence-electron chi connectivity index (χ4n) is 2.17. The van der Waals surface area contributed by atoms with Crippen molar-refractivity contribution in [3.8, 4) is 0 Å². The van der Waals surface area contributed by atoms with Crippen LogP contribution in [0.2, 0.25) is 0 Å². The van der Waals surface area contributed by atoms with Crippen LogP contribution in [0, 0.1) is 6.92 Å². The summed E-state index contributed by atoms with van der Waals surface area (Å²) in [6.45, 7) is 10.0. The molecule has 2 atom stereocenters. The zero-order valence-electron chi connectivity index (χ0n) is 12.5. The maximum atomic E-state index is 12.3. The van der Waals surface area contributed by atoms with Crippen molar-refractivity contribution in [3.63, 3.8) is 0 Å². The molecule has 0 aliphatic carbocycles. The highest BCUT2D eigenvalue weighted by atomic mass is 32.2. The lowest BCUT2D eigenvalue weighted by molar-refractivity contribution is 0.505. The molecule has 1 rings (SSSR count). The van der Waals surface area contributed by atoms with Gasteiger partial charge in [-0.15, -0.1) is 0 Å². The van der Waals surface area contributed by atoms with Gasteiger partial charge in [0.1, 0.15) is 0 Å². The molecule has 1 N–H and O–H groups in total. The van der Waals surface area contributed by atoms with Gasteiger partial charge in [0.25, 0.3) is 0 Å². The summed E-state index contributed by atoms with van der Waals surface area (Å²) in [5.41, 5.74) is 2.21. The van der Waals surface area contributed by atoms with Gasteiger partial charge in [0.2, 0.25) is 0 Å². The predicted molar refractivity (Wildman–Crippen MR) is 81.1 cm³/mol. The first-order chi connectivity index (χ1) is 8.80. The second kappa shape index (κ2) is 6.53. The number of benzene rings is 1. The van der Waals surface area contributed by atoms with Gasteiger partial charge in [-0.3, -0.25) is 0 Å². The van der Waals surface area contributed by atoms with Crippen molar-refractivity contribution < 1.29 is 8.42 Å². The Bertz CT molecular complexity index is 491. The summed E-state index contributed by atoms with van der Waals surface area (Å²) < 4.78 is 24.7. The fraction of sp³-hybridized carbons (Fsp3) is 0.600. The number of hydrogen-bond acceptors (Lipinski definition) is 3. The van der Waals surface area contributed by atoms with Crippen LogP contribution in [0.4, 0.5) is 0 Å². The normalized spacial score (nSPS) is 15.5. The van der Waals surface area contributed by atoms with Crippen LogP contribution >= 0.6 is 0 Å². The molecule has 1 aromatic carbocycles. The van der Waals surface area contributed by atoms with E-state index in [1.165, 1.54) is 5.56 Å². The third-order valence-electron chi connectivity index (χ3n) is 3.51. The monoisotopic (exact) mass is 283 g/mol. The molecule has 2 unspecified atom stereocenters. The molecule has 0 aliphatic rings. The SMILES string of the molecule is CCNC(c1ccc(C)cc1)C(C)S(=O)(=O)C(C)C. The smallest absolute Gasteiger partial charge is 0.157 e. The van der Waals surface area contributed by atoms with Crippen LogP contribution in [0.25, 0.3) is 0 Å². The zero-order valence-corrected chi connectivity index (χ0v) is 13.3. The van der Waals surface area contributed by atoms with Crippen LogP contribution in [0.5, 0.6) is 0 Å². The average Bonchev–Trinajstić information content (AvgIpc) is 2.36. The average molecular weight is 283 g/mol. The van der Waals surface area contributed by atoms with Crippen molar-refractivity contribution in [1.29, 1.82) is 0 Å². The summed E-state index contributed by atoms with van der Waals surface area (Å²) in [5, 5.41) is 2.51. The van der Waals surface area contributed by atoms with Crippen molar-refractivity contribution in [1.82, 2.24) is 5.32 Å². The third-order valence-corrected chi connectivity index (χ3v) is 6.13. The minimum absolute atomic E-state index is 0.155. The standard InChI is InChI=1S/C15H25NO2S/c1-6-16-15(13(5)19(17,18)11(2)3)14-9-7-12(4)8-10-14/h7-11,13,15-16H,6H2,1-5H3. The van der Waals surface area contributed by atoms with Crippen molar-refractivity contribution >= 4 is 9.84 Å². The molecule has 0 aromatic heterocycles. The Morgan fingerprint density at radius 2 is 1.63 bits per heavy atom. The molecule has 0 saturated carbocycles. The molecule has 0 bridgehead atoms. The molecule has 3 nitrogen and oxygen atoms in total. The lowest BCUT2D eigenvalue weighted by Crippen LogP contribution is -2.38. The van der Waals surface area contributed by atoms with Gasteiger partial charge in [-0.25, -0.2) is 8.42 Å². The van der Waals surface area contributed by atoms with E-state index in [4.69, 9.17) is 0 Å². The van der Waals surface area contributed by atoms with Gasteiger partial charge in [0.05, 0.1) is 10.5 Å². The van der Waals surface area contributed by atoms with Gasteiger partial charge in [0, 0.05) is 6.04 Å². The molecule has 0 radical (unpaired) electrons. The molecule has 4 heteroatoms. The number of rotatable bonds is 6. The topological polar surface area (TPSA) is 46.2 Å². The van der Waals surface area contributed by atoms with E-state index >= 15 is 0 Å². The van der Waals surface area contributed by atoms with E-state index in [1.807, 2.05) is 38.1 Å². The van der Waals surface area contributed by atoms with E-state index in [2.05, 4.69) is 5.32 Å². The lowest BCUT2D eigenvalue weighted by Gasteiger charge is -2.27. The van der Waals surface area contributed by atoms with E-state index in [9.17, 15) is 8.42 Å². The lowest BCUT2D eigenvalue weighted by atomic mass is 10.0. The van der Waals surface area contributed by atoms with Gasteiger partial charge in [-0.05, 0) is 39.8 Å². The van der Waals surface area contributed by atoms with Crippen LogP contribution in [0.1, 0.15) is 44.9 Å². The first kappa shape index (κ1) is 16.2. The van der Waals surface area contributed by atoms with Gasteiger partial charge in [0.15, 0.2) is 9.84 Å². The molecular weight excluding hydrogens is 258 g/mol. The quantitative estimate of drug-likeness (QED) is 0.873. The minimum atomic E-state index is -3.12. The van der Waals surface area contributed by atoms with E-state index in [1.54, 1.807) is 20.8 Å². The zero-order chi connectivity index (χ0) is 14.6. The van der Waals surface area contributed by atoms with Crippen LogP contribution < -0.4 is 5.32 Å². The summed E-state index contributed by atoms with van der Waals surface area (Å²) in [6.07, 6.45) is 0. The molecule has 0 saturated heterocycles. The van der Waals surface area contributed by atoms with Crippen LogP contribution in [-0.4, -0.2) is 25.5 Å². The highest BCUT2D eigenvalue weighted by Gasteiger charge is 2.32. The number of sulfone groups is 1. The van der Waals surface area contributed by atoms with E-state index in [-0.39, 0.29) is 11.3 Å². The third kappa shape index (κ3) is 3.80. The second-order valence-electron chi connectivity index (χ2n) is 5.29. The second-order valence-corrected chi connectivity index (χ2v) is 8.15. The molecule has 0 fully saturated rings. The highest BCUT2D eigenvalue weighted by Crippen LogP contribution is 2.25. The Kier molecular flexibility index (Phi) is 5.56. The molecule has 0 amide bonds. The minimum Gasteiger partial charge on any atom is -0.309 e. The largest absolute Gasteiger partial charge is 0.309 e. The summed E-state index contributed by atoms with van der Waals surface area (Å²) in [5.74, 6) is 0.